The van der Waals surface area contributed by atoms with E-state index < -0.39 is 0 Å². The van der Waals surface area contributed by atoms with Crippen molar-refractivity contribution in [3.63, 3.8) is 0 Å². The van der Waals surface area contributed by atoms with Crippen LogP contribution in [0.4, 0.5) is 0 Å². The SMILES string of the molecule is O=C(Cl)CCC1CC(=O)N2C(=O)CCC12. The molecule has 15 heavy (non-hydrogen) atoms. The zero-order valence-corrected chi connectivity index (χ0v) is 9.00. The molecule has 0 aromatic carbocycles. The summed E-state index contributed by atoms with van der Waals surface area (Å²) in [6.45, 7) is 0. The Hall–Kier alpha value is -0.900. The van der Waals surface area contributed by atoms with Crippen LogP contribution in [0, 0.1) is 5.92 Å². The molecule has 0 radical (unpaired) electrons. The highest BCUT2D eigenvalue weighted by molar-refractivity contribution is 6.63. The Morgan fingerprint density at radius 2 is 2.13 bits per heavy atom. The number of imide groups is 1. The van der Waals surface area contributed by atoms with Gasteiger partial charge in [-0.15, -0.1) is 0 Å². The van der Waals surface area contributed by atoms with Crippen LogP contribution in [0.2, 0.25) is 0 Å². The number of hydrogen-bond acceptors (Lipinski definition) is 3. The first-order valence-corrected chi connectivity index (χ1v) is 5.50. The van der Waals surface area contributed by atoms with E-state index in [-0.39, 0.29) is 35.4 Å². The Labute approximate surface area is 92.6 Å². The molecule has 2 amide bonds. The lowest BCUT2D eigenvalue weighted by Gasteiger charge is -2.17. The van der Waals surface area contributed by atoms with Gasteiger partial charge in [0.05, 0.1) is 0 Å². The van der Waals surface area contributed by atoms with Crippen molar-refractivity contribution in [1.29, 1.82) is 0 Å². The van der Waals surface area contributed by atoms with Crippen molar-refractivity contribution in [1.82, 2.24) is 4.90 Å². The number of carbonyl (C=O) groups excluding carboxylic acids is 3. The van der Waals surface area contributed by atoms with Crippen molar-refractivity contribution < 1.29 is 14.4 Å². The van der Waals surface area contributed by atoms with Crippen molar-refractivity contribution in [3.05, 3.63) is 0 Å². The second-order valence-electron chi connectivity index (χ2n) is 4.12. The molecule has 0 aromatic heterocycles. The fourth-order valence-corrected chi connectivity index (χ4v) is 2.64. The fraction of sp³-hybridized carbons (Fsp3) is 0.700. The van der Waals surface area contributed by atoms with Crippen LogP contribution in [0.5, 0.6) is 0 Å². The molecule has 82 valence electrons. The highest BCUT2D eigenvalue weighted by Gasteiger charge is 2.46. The molecule has 2 atom stereocenters. The molecule has 2 fully saturated rings. The van der Waals surface area contributed by atoms with E-state index in [0.717, 1.165) is 6.42 Å². The largest absolute Gasteiger partial charge is 0.281 e. The molecule has 0 spiro atoms. The Balaban J connectivity index is 2.01. The first-order valence-electron chi connectivity index (χ1n) is 5.13. The van der Waals surface area contributed by atoms with E-state index >= 15 is 0 Å². The molecule has 0 saturated carbocycles. The molecular weight excluding hydrogens is 218 g/mol. The second-order valence-corrected chi connectivity index (χ2v) is 4.54. The van der Waals surface area contributed by atoms with Crippen LogP contribution in [0.25, 0.3) is 0 Å². The number of rotatable bonds is 3. The summed E-state index contributed by atoms with van der Waals surface area (Å²) in [5.41, 5.74) is 0. The van der Waals surface area contributed by atoms with E-state index in [1.165, 1.54) is 4.90 Å². The van der Waals surface area contributed by atoms with E-state index in [4.69, 9.17) is 11.6 Å². The van der Waals surface area contributed by atoms with Gasteiger partial charge in [-0.05, 0) is 30.4 Å². The number of nitrogens with zero attached hydrogens (tertiary/aromatic N) is 1. The summed E-state index contributed by atoms with van der Waals surface area (Å²) in [5, 5.41) is -0.370. The zero-order valence-electron chi connectivity index (χ0n) is 8.24. The summed E-state index contributed by atoms with van der Waals surface area (Å²) in [5.74, 6) is -0.0223. The third-order valence-corrected chi connectivity index (χ3v) is 3.40. The van der Waals surface area contributed by atoms with E-state index in [9.17, 15) is 14.4 Å². The molecule has 0 aliphatic carbocycles. The van der Waals surface area contributed by atoms with Gasteiger partial charge in [0.1, 0.15) is 0 Å². The van der Waals surface area contributed by atoms with Gasteiger partial charge in [0.15, 0.2) is 0 Å². The number of fused-ring (bicyclic) bond motifs is 1. The lowest BCUT2D eigenvalue weighted by Crippen LogP contribution is -2.32. The third kappa shape index (κ3) is 1.91. The molecule has 2 unspecified atom stereocenters. The molecular formula is C10H12ClNO3. The van der Waals surface area contributed by atoms with Crippen LogP contribution in [0.1, 0.15) is 32.1 Å². The molecule has 2 rings (SSSR count). The van der Waals surface area contributed by atoms with Crippen molar-refractivity contribution in [2.45, 2.75) is 38.1 Å². The van der Waals surface area contributed by atoms with Crippen LogP contribution >= 0.6 is 11.6 Å². The minimum absolute atomic E-state index is 0.0287. The minimum atomic E-state index is -0.370. The van der Waals surface area contributed by atoms with Gasteiger partial charge in [-0.1, -0.05) is 0 Å². The Morgan fingerprint density at radius 1 is 1.40 bits per heavy atom. The first-order chi connectivity index (χ1) is 7.09. The summed E-state index contributed by atoms with van der Waals surface area (Å²) in [6, 6.07) is 0.0287. The normalized spacial score (nSPS) is 29.8. The molecule has 5 heteroatoms. The van der Waals surface area contributed by atoms with Crippen molar-refractivity contribution in [2.24, 2.45) is 5.92 Å². The van der Waals surface area contributed by atoms with Gasteiger partial charge in [0, 0.05) is 25.3 Å². The summed E-state index contributed by atoms with van der Waals surface area (Å²) in [7, 11) is 0. The molecule has 0 aromatic rings. The predicted molar refractivity (Wildman–Crippen MR) is 53.1 cm³/mol. The van der Waals surface area contributed by atoms with E-state index in [2.05, 4.69) is 0 Å². The second kappa shape index (κ2) is 3.93. The van der Waals surface area contributed by atoms with E-state index in [1.807, 2.05) is 0 Å². The summed E-state index contributed by atoms with van der Waals surface area (Å²) < 4.78 is 0. The number of amides is 2. The maximum absolute atomic E-state index is 11.5. The van der Waals surface area contributed by atoms with Gasteiger partial charge in [-0.2, -0.15) is 0 Å². The average Bonchev–Trinajstić information content (AvgIpc) is 2.67. The molecule has 2 aliphatic heterocycles. The Bertz CT molecular complexity index is 329. The zero-order chi connectivity index (χ0) is 11.0. The van der Waals surface area contributed by atoms with Crippen LogP contribution < -0.4 is 0 Å². The van der Waals surface area contributed by atoms with Gasteiger partial charge in [-0.3, -0.25) is 19.3 Å². The Kier molecular flexibility index (Phi) is 2.78. The van der Waals surface area contributed by atoms with Crippen LogP contribution in [-0.4, -0.2) is 28.0 Å². The molecule has 2 saturated heterocycles. The van der Waals surface area contributed by atoms with Crippen LogP contribution in [-0.2, 0) is 14.4 Å². The predicted octanol–water partition coefficient (Wildman–Crippen LogP) is 1.07. The molecule has 2 aliphatic rings. The molecule has 4 nitrogen and oxygen atoms in total. The highest BCUT2D eigenvalue weighted by atomic mass is 35.5. The van der Waals surface area contributed by atoms with Crippen LogP contribution in [0.3, 0.4) is 0 Å². The monoisotopic (exact) mass is 229 g/mol. The van der Waals surface area contributed by atoms with Crippen LogP contribution in [0.15, 0.2) is 0 Å². The molecule has 0 N–H and O–H groups in total. The van der Waals surface area contributed by atoms with E-state index in [1.54, 1.807) is 0 Å². The Morgan fingerprint density at radius 3 is 2.80 bits per heavy atom. The maximum atomic E-state index is 11.5. The van der Waals surface area contributed by atoms with Gasteiger partial charge in [-0.25, -0.2) is 0 Å². The molecule has 0 bridgehead atoms. The lowest BCUT2D eigenvalue weighted by molar-refractivity contribution is -0.140. The van der Waals surface area contributed by atoms with Gasteiger partial charge in [0.25, 0.3) is 0 Å². The lowest BCUT2D eigenvalue weighted by atomic mass is 9.93. The third-order valence-electron chi connectivity index (χ3n) is 3.22. The molecule has 2 heterocycles. The standard InChI is InChI=1S/C10H12ClNO3/c11-8(13)3-1-6-5-10(15)12-7(6)2-4-9(12)14/h6-7H,1-5H2. The quantitative estimate of drug-likeness (QED) is 0.537. The van der Waals surface area contributed by atoms with Crippen molar-refractivity contribution >= 4 is 28.7 Å². The highest BCUT2D eigenvalue weighted by Crippen LogP contribution is 2.36. The summed E-state index contributed by atoms with van der Waals surface area (Å²) in [6.07, 6.45) is 2.49. The average molecular weight is 230 g/mol. The summed E-state index contributed by atoms with van der Waals surface area (Å²) in [4.78, 5) is 34.9. The van der Waals surface area contributed by atoms with Gasteiger partial charge < -0.3 is 0 Å². The first kappa shape index (κ1) is 10.6. The topological polar surface area (TPSA) is 54.5 Å². The number of hydrogen-bond donors (Lipinski definition) is 0. The number of halogens is 1. The fourth-order valence-electron chi connectivity index (χ4n) is 2.53. The van der Waals surface area contributed by atoms with E-state index in [0.29, 0.717) is 19.3 Å². The van der Waals surface area contributed by atoms with Crippen molar-refractivity contribution in [2.75, 3.05) is 0 Å². The summed E-state index contributed by atoms with van der Waals surface area (Å²) >= 11 is 5.26. The van der Waals surface area contributed by atoms with Gasteiger partial charge >= 0.3 is 0 Å². The minimum Gasteiger partial charge on any atom is -0.281 e. The maximum Gasteiger partial charge on any atom is 0.229 e. The van der Waals surface area contributed by atoms with Gasteiger partial charge in [0.2, 0.25) is 17.1 Å². The number of carbonyl (C=O) groups is 3. The smallest absolute Gasteiger partial charge is 0.229 e. The van der Waals surface area contributed by atoms with Crippen molar-refractivity contribution in [3.8, 4) is 0 Å².